The number of amides is 1. The van der Waals surface area contributed by atoms with Crippen molar-refractivity contribution in [1.82, 2.24) is 9.71 Å². The van der Waals surface area contributed by atoms with E-state index >= 15 is 0 Å². The Hall–Kier alpha value is -3.17. The summed E-state index contributed by atoms with van der Waals surface area (Å²) in [5.41, 5.74) is 0.754. The Morgan fingerprint density at radius 3 is 2.53 bits per heavy atom. The quantitative estimate of drug-likeness (QED) is 0.542. The molecule has 0 aliphatic rings. The summed E-state index contributed by atoms with van der Waals surface area (Å²) >= 11 is 0. The molecule has 0 spiro atoms. The van der Waals surface area contributed by atoms with Crippen molar-refractivity contribution < 1.29 is 17.6 Å². The molecule has 0 aliphatic heterocycles. The lowest BCUT2D eigenvalue weighted by molar-refractivity contribution is 0.102. The van der Waals surface area contributed by atoms with Gasteiger partial charge in [-0.25, -0.2) is 18.1 Å². The average molecular weight is 429 g/mol. The van der Waals surface area contributed by atoms with Crippen LogP contribution in [-0.4, -0.2) is 32.4 Å². The van der Waals surface area contributed by atoms with Crippen molar-refractivity contribution >= 4 is 27.4 Å². The van der Waals surface area contributed by atoms with Crippen molar-refractivity contribution in [3.8, 4) is 0 Å². The molecule has 0 saturated heterocycles. The smallest absolute Gasteiger partial charge is 0.257 e. The van der Waals surface area contributed by atoms with E-state index < -0.39 is 10.0 Å². The zero-order chi connectivity index (χ0) is 21.6. The Morgan fingerprint density at radius 1 is 1.10 bits per heavy atom. The summed E-state index contributed by atoms with van der Waals surface area (Å²) in [5, 5.41) is 2.71. The molecule has 0 aliphatic carbocycles. The van der Waals surface area contributed by atoms with Crippen LogP contribution in [0.4, 0.5) is 11.5 Å². The number of carbonyl (C=O) groups is 1. The first-order chi connectivity index (χ1) is 14.4. The number of sulfonamides is 1. The number of nitrogens with zero attached hydrogens (tertiary/aromatic N) is 2. The Labute approximate surface area is 176 Å². The Bertz CT molecular complexity index is 1080. The van der Waals surface area contributed by atoms with Gasteiger partial charge in [0.1, 0.15) is 11.6 Å². The zero-order valence-electron chi connectivity index (χ0n) is 16.8. The fourth-order valence-corrected chi connectivity index (χ4v) is 3.90. The molecule has 0 saturated carbocycles. The highest BCUT2D eigenvalue weighted by atomic mass is 32.2. The van der Waals surface area contributed by atoms with E-state index in [1.54, 1.807) is 36.4 Å². The molecule has 0 fully saturated rings. The molecule has 0 unspecified atom stereocenters. The van der Waals surface area contributed by atoms with Crippen LogP contribution in [0.1, 0.15) is 30.0 Å². The van der Waals surface area contributed by atoms with E-state index in [-0.39, 0.29) is 17.3 Å². The molecule has 2 N–H and O–H groups in total. The van der Waals surface area contributed by atoms with Gasteiger partial charge in [0.25, 0.3) is 5.91 Å². The van der Waals surface area contributed by atoms with E-state index in [1.165, 1.54) is 24.6 Å². The highest BCUT2D eigenvalue weighted by Crippen LogP contribution is 2.18. The molecular weight excluding hydrogens is 404 g/mol. The van der Waals surface area contributed by atoms with Gasteiger partial charge in [0.15, 0.2) is 0 Å². The van der Waals surface area contributed by atoms with Crippen molar-refractivity contribution in [3.63, 3.8) is 0 Å². The number of pyridine rings is 1. The van der Waals surface area contributed by atoms with E-state index in [0.29, 0.717) is 17.0 Å². The number of benzene rings is 1. The van der Waals surface area contributed by atoms with E-state index in [2.05, 4.69) is 19.9 Å². The minimum Gasteiger partial charge on any atom is -0.468 e. The second-order valence-electron chi connectivity index (χ2n) is 6.46. The van der Waals surface area contributed by atoms with Crippen LogP contribution in [0.2, 0.25) is 0 Å². The summed E-state index contributed by atoms with van der Waals surface area (Å²) in [5.74, 6) is 0.933. The first-order valence-electron chi connectivity index (χ1n) is 9.57. The van der Waals surface area contributed by atoms with Gasteiger partial charge >= 0.3 is 0 Å². The second-order valence-corrected chi connectivity index (χ2v) is 8.23. The largest absolute Gasteiger partial charge is 0.468 e. The predicted molar refractivity (Wildman–Crippen MR) is 115 cm³/mol. The standard InChI is InChI=1S/C21H24N4O4S/c1-3-25(4-2)20-11-10-16(14-22-20)21(26)24-17-7-5-9-19(13-17)30(27,28)23-15-18-8-6-12-29-18/h5-14,23H,3-4,15H2,1-2H3,(H,24,26). The lowest BCUT2D eigenvalue weighted by atomic mass is 10.2. The maximum absolute atomic E-state index is 12.5. The van der Waals surface area contributed by atoms with Crippen molar-refractivity contribution in [2.75, 3.05) is 23.3 Å². The molecular formula is C21H24N4O4S. The van der Waals surface area contributed by atoms with Crippen LogP contribution in [-0.2, 0) is 16.6 Å². The third-order valence-corrected chi connectivity index (χ3v) is 5.92. The maximum atomic E-state index is 12.5. The molecule has 3 rings (SSSR count). The number of carbonyl (C=O) groups excluding carboxylic acids is 1. The number of hydrogen-bond acceptors (Lipinski definition) is 6. The highest BCUT2D eigenvalue weighted by molar-refractivity contribution is 7.89. The molecule has 0 atom stereocenters. The molecule has 8 nitrogen and oxygen atoms in total. The van der Waals surface area contributed by atoms with Crippen LogP contribution in [0.3, 0.4) is 0 Å². The van der Waals surface area contributed by atoms with Crippen molar-refractivity contribution in [3.05, 3.63) is 72.3 Å². The van der Waals surface area contributed by atoms with Gasteiger partial charge in [-0.3, -0.25) is 4.79 Å². The lowest BCUT2D eigenvalue weighted by Crippen LogP contribution is -2.23. The summed E-state index contributed by atoms with van der Waals surface area (Å²) in [6.45, 7) is 5.76. The monoisotopic (exact) mass is 428 g/mol. The summed E-state index contributed by atoms with van der Waals surface area (Å²) in [6.07, 6.45) is 2.98. The van der Waals surface area contributed by atoms with E-state index in [1.807, 2.05) is 13.8 Å². The first kappa shape index (κ1) is 21.5. The molecule has 9 heteroatoms. The Morgan fingerprint density at radius 2 is 1.90 bits per heavy atom. The van der Waals surface area contributed by atoms with Gasteiger partial charge in [0, 0.05) is 25.0 Å². The Balaban J connectivity index is 1.69. The van der Waals surface area contributed by atoms with E-state index in [4.69, 9.17) is 4.42 Å². The fourth-order valence-electron chi connectivity index (χ4n) is 2.86. The highest BCUT2D eigenvalue weighted by Gasteiger charge is 2.16. The summed E-state index contributed by atoms with van der Waals surface area (Å²) in [6, 6.07) is 12.9. The van der Waals surface area contributed by atoms with Crippen molar-refractivity contribution in [2.45, 2.75) is 25.3 Å². The molecule has 30 heavy (non-hydrogen) atoms. The van der Waals surface area contributed by atoms with Crippen LogP contribution in [0.15, 0.2) is 70.3 Å². The van der Waals surface area contributed by atoms with Gasteiger partial charge in [-0.1, -0.05) is 6.07 Å². The van der Waals surface area contributed by atoms with Gasteiger partial charge in [0.05, 0.1) is 23.3 Å². The number of hydrogen-bond donors (Lipinski definition) is 2. The fraction of sp³-hybridized carbons (Fsp3) is 0.238. The van der Waals surface area contributed by atoms with Crippen LogP contribution in [0.5, 0.6) is 0 Å². The minimum absolute atomic E-state index is 0.0382. The van der Waals surface area contributed by atoms with Gasteiger partial charge in [-0.2, -0.15) is 0 Å². The van der Waals surface area contributed by atoms with Crippen molar-refractivity contribution in [2.24, 2.45) is 0 Å². The maximum Gasteiger partial charge on any atom is 0.257 e. The number of rotatable bonds is 9. The number of aromatic nitrogens is 1. The third-order valence-electron chi connectivity index (χ3n) is 4.52. The molecule has 0 radical (unpaired) electrons. The summed E-state index contributed by atoms with van der Waals surface area (Å²) in [7, 11) is -3.76. The first-order valence-corrected chi connectivity index (χ1v) is 11.1. The normalized spacial score (nSPS) is 11.3. The van der Waals surface area contributed by atoms with Gasteiger partial charge < -0.3 is 14.6 Å². The third kappa shape index (κ3) is 5.25. The number of nitrogens with one attached hydrogen (secondary N) is 2. The predicted octanol–water partition coefficient (Wildman–Crippen LogP) is 3.25. The van der Waals surface area contributed by atoms with Gasteiger partial charge in [0.2, 0.25) is 10.0 Å². The topological polar surface area (TPSA) is 105 Å². The zero-order valence-corrected chi connectivity index (χ0v) is 17.6. The summed E-state index contributed by atoms with van der Waals surface area (Å²) in [4.78, 5) is 19.0. The lowest BCUT2D eigenvalue weighted by Gasteiger charge is -2.19. The number of furan rings is 1. The molecule has 1 amide bonds. The van der Waals surface area contributed by atoms with Crippen LogP contribution in [0, 0.1) is 0 Å². The minimum atomic E-state index is -3.76. The van der Waals surface area contributed by atoms with Crippen LogP contribution >= 0.6 is 0 Å². The Kier molecular flexibility index (Phi) is 6.86. The summed E-state index contributed by atoms with van der Waals surface area (Å²) < 4.78 is 32.6. The van der Waals surface area contributed by atoms with E-state index in [0.717, 1.165) is 18.9 Å². The molecule has 3 aromatic rings. The van der Waals surface area contributed by atoms with Gasteiger partial charge in [-0.15, -0.1) is 0 Å². The SMILES string of the molecule is CCN(CC)c1ccc(C(=O)Nc2cccc(S(=O)(=O)NCc3ccco3)c2)cn1. The molecule has 2 heterocycles. The molecule has 1 aromatic carbocycles. The molecule has 2 aromatic heterocycles. The molecule has 0 bridgehead atoms. The second kappa shape index (κ2) is 9.55. The number of anilines is 2. The van der Waals surface area contributed by atoms with Crippen LogP contribution in [0.25, 0.3) is 0 Å². The molecule has 158 valence electrons. The van der Waals surface area contributed by atoms with E-state index in [9.17, 15) is 13.2 Å². The van der Waals surface area contributed by atoms with Crippen LogP contribution < -0.4 is 14.9 Å². The van der Waals surface area contributed by atoms with Gasteiger partial charge in [-0.05, 0) is 56.3 Å². The average Bonchev–Trinajstić information content (AvgIpc) is 3.28. The van der Waals surface area contributed by atoms with Crippen molar-refractivity contribution in [1.29, 1.82) is 0 Å².